The van der Waals surface area contributed by atoms with E-state index >= 15 is 0 Å². The molecule has 21 heavy (non-hydrogen) atoms. The summed E-state index contributed by atoms with van der Waals surface area (Å²) in [7, 11) is 0. The van der Waals surface area contributed by atoms with E-state index in [0.717, 1.165) is 25.2 Å². The van der Waals surface area contributed by atoms with Crippen molar-refractivity contribution in [3.05, 3.63) is 42.5 Å². The average molecular weight is 284 g/mol. The number of carbonyl (C=O) groups excluding carboxylic acids is 1. The molecule has 1 unspecified atom stereocenters. The Bertz CT molecular complexity index is 502. The van der Waals surface area contributed by atoms with E-state index in [4.69, 9.17) is 0 Å². The van der Waals surface area contributed by atoms with Gasteiger partial charge in [-0.1, -0.05) is 18.2 Å². The van der Waals surface area contributed by atoms with Crippen molar-refractivity contribution in [2.75, 3.05) is 31.1 Å². The van der Waals surface area contributed by atoms with Crippen molar-refractivity contribution in [3.8, 4) is 0 Å². The number of amides is 1. The first-order valence-electron chi connectivity index (χ1n) is 8.00. The molecule has 3 heteroatoms. The van der Waals surface area contributed by atoms with Crippen LogP contribution in [0.25, 0.3) is 0 Å². The molecule has 112 valence electrons. The Morgan fingerprint density at radius 1 is 1.19 bits per heavy atom. The molecule has 0 spiro atoms. The lowest BCUT2D eigenvalue weighted by molar-refractivity contribution is -0.117. The van der Waals surface area contributed by atoms with Gasteiger partial charge in [0.25, 0.3) is 0 Å². The largest absolute Gasteiger partial charge is 0.312 e. The van der Waals surface area contributed by atoms with Crippen LogP contribution >= 0.6 is 0 Å². The molecule has 1 amide bonds. The predicted molar refractivity (Wildman–Crippen MR) is 86.5 cm³/mol. The van der Waals surface area contributed by atoms with E-state index in [9.17, 15) is 4.79 Å². The molecule has 2 aliphatic rings. The maximum Gasteiger partial charge on any atom is 0.227 e. The maximum absolute atomic E-state index is 12.0. The van der Waals surface area contributed by atoms with Crippen molar-refractivity contribution in [2.24, 2.45) is 5.92 Å². The quantitative estimate of drug-likeness (QED) is 0.776. The third kappa shape index (κ3) is 3.35. The topological polar surface area (TPSA) is 23.6 Å². The van der Waals surface area contributed by atoms with E-state index in [1.54, 1.807) is 0 Å². The lowest BCUT2D eigenvalue weighted by Gasteiger charge is -2.17. The normalized spacial score (nSPS) is 23.0. The van der Waals surface area contributed by atoms with Gasteiger partial charge in [0.2, 0.25) is 5.91 Å². The Labute approximate surface area is 127 Å². The standard InChI is InChI=1S/C18H24N2O/c1-2-15-13-18(21)20(14-15)17-7-5-16(6-8-17)9-12-19-10-3-4-11-19/h2,5-8,15H,1,3-4,9-14H2. The molecule has 0 aromatic heterocycles. The molecule has 0 aliphatic carbocycles. The molecule has 1 aromatic rings. The smallest absolute Gasteiger partial charge is 0.227 e. The molecule has 2 heterocycles. The highest BCUT2D eigenvalue weighted by Crippen LogP contribution is 2.25. The SMILES string of the molecule is C=CC1CC(=O)N(c2ccc(CCN3CCCC3)cc2)C1. The summed E-state index contributed by atoms with van der Waals surface area (Å²) in [6.07, 6.45) is 6.28. The Morgan fingerprint density at radius 3 is 2.52 bits per heavy atom. The minimum absolute atomic E-state index is 0.213. The second kappa shape index (κ2) is 6.44. The number of benzene rings is 1. The first kappa shape index (κ1) is 14.3. The molecule has 2 saturated heterocycles. The molecule has 2 fully saturated rings. The maximum atomic E-state index is 12.0. The highest BCUT2D eigenvalue weighted by molar-refractivity contribution is 5.95. The van der Waals surface area contributed by atoms with Crippen LogP contribution in [0, 0.1) is 5.92 Å². The van der Waals surface area contributed by atoms with Crippen LogP contribution in [-0.2, 0) is 11.2 Å². The zero-order chi connectivity index (χ0) is 14.7. The van der Waals surface area contributed by atoms with Crippen molar-refractivity contribution in [1.82, 2.24) is 4.90 Å². The fourth-order valence-electron chi connectivity index (χ4n) is 3.28. The lowest BCUT2D eigenvalue weighted by Crippen LogP contribution is -2.24. The second-order valence-corrected chi connectivity index (χ2v) is 6.17. The minimum atomic E-state index is 0.213. The fraction of sp³-hybridized carbons (Fsp3) is 0.500. The van der Waals surface area contributed by atoms with E-state index in [0.29, 0.717) is 12.3 Å². The number of hydrogen-bond donors (Lipinski definition) is 0. The van der Waals surface area contributed by atoms with Crippen LogP contribution in [0.4, 0.5) is 5.69 Å². The third-order valence-electron chi connectivity index (χ3n) is 4.65. The number of nitrogens with zero attached hydrogens (tertiary/aromatic N) is 2. The first-order valence-corrected chi connectivity index (χ1v) is 8.00. The molecular weight excluding hydrogens is 260 g/mol. The second-order valence-electron chi connectivity index (χ2n) is 6.17. The molecule has 3 rings (SSSR count). The van der Waals surface area contributed by atoms with Gasteiger partial charge < -0.3 is 9.80 Å². The summed E-state index contributed by atoms with van der Waals surface area (Å²) in [6.45, 7) is 8.23. The van der Waals surface area contributed by atoms with E-state index in [-0.39, 0.29) is 5.91 Å². The molecule has 0 N–H and O–H groups in total. The molecule has 2 aliphatic heterocycles. The number of likely N-dealkylation sites (tertiary alicyclic amines) is 1. The number of rotatable bonds is 5. The van der Waals surface area contributed by atoms with Gasteiger partial charge in [-0.15, -0.1) is 6.58 Å². The van der Waals surface area contributed by atoms with Crippen LogP contribution < -0.4 is 4.90 Å². The number of hydrogen-bond acceptors (Lipinski definition) is 2. The summed E-state index contributed by atoms with van der Waals surface area (Å²) < 4.78 is 0. The van der Waals surface area contributed by atoms with E-state index in [1.165, 1.54) is 31.5 Å². The third-order valence-corrected chi connectivity index (χ3v) is 4.65. The van der Waals surface area contributed by atoms with Gasteiger partial charge in [-0.05, 0) is 50.0 Å². The Kier molecular flexibility index (Phi) is 4.39. The average Bonchev–Trinajstić information content (AvgIpc) is 3.15. The van der Waals surface area contributed by atoms with Crippen LogP contribution in [0.3, 0.4) is 0 Å². The molecule has 1 aromatic carbocycles. The van der Waals surface area contributed by atoms with E-state index in [1.807, 2.05) is 11.0 Å². The van der Waals surface area contributed by atoms with Gasteiger partial charge in [0.15, 0.2) is 0 Å². The van der Waals surface area contributed by atoms with Gasteiger partial charge in [-0.2, -0.15) is 0 Å². The number of carbonyl (C=O) groups is 1. The van der Waals surface area contributed by atoms with E-state index < -0.39 is 0 Å². The Morgan fingerprint density at radius 2 is 1.90 bits per heavy atom. The molecule has 0 bridgehead atoms. The van der Waals surface area contributed by atoms with Crippen LogP contribution in [-0.4, -0.2) is 37.0 Å². The molecule has 0 radical (unpaired) electrons. The highest BCUT2D eigenvalue weighted by atomic mass is 16.2. The van der Waals surface area contributed by atoms with Crippen LogP contribution in [0.2, 0.25) is 0 Å². The van der Waals surface area contributed by atoms with Crippen molar-refractivity contribution in [3.63, 3.8) is 0 Å². The van der Waals surface area contributed by atoms with Gasteiger partial charge in [-0.3, -0.25) is 4.79 Å². The minimum Gasteiger partial charge on any atom is -0.312 e. The summed E-state index contributed by atoms with van der Waals surface area (Å²) in [5.41, 5.74) is 2.38. The lowest BCUT2D eigenvalue weighted by atomic mass is 10.1. The van der Waals surface area contributed by atoms with E-state index in [2.05, 4.69) is 35.7 Å². The zero-order valence-electron chi connectivity index (χ0n) is 12.6. The van der Waals surface area contributed by atoms with Crippen molar-refractivity contribution >= 4 is 11.6 Å². The Hall–Kier alpha value is -1.61. The first-order chi connectivity index (χ1) is 10.3. The molecule has 3 nitrogen and oxygen atoms in total. The summed E-state index contributed by atoms with van der Waals surface area (Å²) >= 11 is 0. The summed E-state index contributed by atoms with van der Waals surface area (Å²) in [5, 5.41) is 0. The van der Waals surface area contributed by atoms with Gasteiger partial charge >= 0.3 is 0 Å². The van der Waals surface area contributed by atoms with Crippen LogP contribution in [0.1, 0.15) is 24.8 Å². The van der Waals surface area contributed by atoms with Gasteiger partial charge in [0.1, 0.15) is 0 Å². The monoisotopic (exact) mass is 284 g/mol. The van der Waals surface area contributed by atoms with Crippen LogP contribution in [0.5, 0.6) is 0 Å². The zero-order valence-corrected chi connectivity index (χ0v) is 12.6. The summed E-state index contributed by atoms with van der Waals surface area (Å²) in [5.74, 6) is 0.511. The van der Waals surface area contributed by atoms with Crippen molar-refractivity contribution in [2.45, 2.75) is 25.7 Å². The van der Waals surface area contributed by atoms with Gasteiger partial charge in [-0.25, -0.2) is 0 Å². The highest BCUT2D eigenvalue weighted by Gasteiger charge is 2.28. The fourth-order valence-corrected chi connectivity index (χ4v) is 3.28. The van der Waals surface area contributed by atoms with Crippen molar-refractivity contribution < 1.29 is 4.79 Å². The Balaban J connectivity index is 1.58. The van der Waals surface area contributed by atoms with Gasteiger partial charge in [0, 0.05) is 31.1 Å². The van der Waals surface area contributed by atoms with Crippen LogP contribution in [0.15, 0.2) is 36.9 Å². The van der Waals surface area contributed by atoms with Crippen molar-refractivity contribution in [1.29, 1.82) is 0 Å². The summed E-state index contributed by atoms with van der Waals surface area (Å²) in [6, 6.07) is 8.51. The molecule has 1 atom stereocenters. The predicted octanol–water partition coefficient (Wildman–Crippen LogP) is 2.86. The van der Waals surface area contributed by atoms with Gasteiger partial charge in [0.05, 0.1) is 0 Å². The molecule has 0 saturated carbocycles. The molecular formula is C18H24N2O. The number of anilines is 1. The summed E-state index contributed by atoms with van der Waals surface area (Å²) in [4.78, 5) is 16.4.